The number of rotatable bonds is 3. The summed E-state index contributed by atoms with van der Waals surface area (Å²) in [6, 6.07) is 14.2. The van der Waals surface area contributed by atoms with Gasteiger partial charge >= 0.3 is 0 Å². The molecule has 3 aromatic rings. The Morgan fingerprint density at radius 3 is 2.58 bits per heavy atom. The van der Waals surface area contributed by atoms with E-state index in [0.717, 1.165) is 5.39 Å². The molecule has 0 saturated heterocycles. The van der Waals surface area contributed by atoms with E-state index >= 15 is 0 Å². The highest BCUT2D eigenvalue weighted by Crippen LogP contribution is 2.20. The quantitative estimate of drug-likeness (QED) is 0.746. The molecule has 0 aliphatic carbocycles. The van der Waals surface area contributed by atoms with E-state index in [1.54, 1.807) is 30.5 Å². The topological polar surface area (TPSA) is 59.1 Å². The lowest BCUT2D eigenvalue weighted by Crippen LogP contribution is -2.24. The van der Waals surface area contributed by atoms with Crippen molar-refractivity contribution in [1.82, 2.24) is 9.71 Å². The number of pyridine rings is 1. The zero-order valence-corrected chi connectivity index (χ0v) is 13.3. The van der Waals surface area contributed by atoms with E-state index in [-0.39, 0.29) is 17.3 Å². The third kappa shape index (κ3) is 3.59. The summed E-state index contributed by atoms with van der Waals surface area (Å²) >= 11 is 0. The highest BCUT2D eigenvalue weighted by molar-refractivity contribution is 7.89. The maximum Gasteiger partial charge on any atom is 0.243 e. The van der Waals surface area contributed by atoms with Gasteiger partial charge in [0.1, 0.15) is 10.7 Å². The Morgan fingerprint density at radius 2 is 1.79 bits per heavy atom. The Bertz CT molecular complexity index is 1030. The first-order valence-electron chi connectivity index (χ1n) is 7.14. The van der Waals surface area contributed by atoms with Crippen molar-refractivity contribution >= 4 is 20.9 Å². The molecule has 0 amide bonds. The molecular weight excluding hydrogens is 327 g/mol. The van der Waals surface area contributed by atoms with Crippen LogP contribution < -0.4 is 4.72 Å². The first-order valence-corrected chi connectivity index (χ1v) is 8.62. The lowest BCUT2D eigenvalue weighted by Gasteiger charge is -2.06. The summed E-state index contributed by atoms with van der Waals surface area (Å²) < 4.78 is 40.1. The van der Waals surface area contributed by atoms with E-state index in [1.165, 1.54) is 30.3 Å². The van der Waals surface area contributed by atoms with Crippen LogP contribution in [0, 0.1) is 17.7 Å². The number of fused-ring (bicyclic) bond motifs is 1. The Hall–Kier alpha value is -2.75. The maximum atomic E-state index is 12.8. The van der Waals surface area contributed by atoms with E-state index < -0.39 is 10.0 Å². The van der Waals surface area contributed by atoms with Crippen molar-refractivity contribution in [3.63, 3.8) is 0 Å². The van der Waals surface area contributed by atoms with E-state index in [0.29, 0.717) is 11.1 Å². The van der Waals surface area contributed by atoms with Crippen molar-refractivity contribution in [3.8, 4) is 11.8 Å². The van der Waals surface area contributed by atoms with Crippen LogP contribution in [-0.2, 0) is 10.0 Å². The van der Waals surface area contributed by atoms with Crippen molar-refractivity contribution in [2.75, 3.05) is 6.54 Å². The molecule has 0 radical (unpaired) electrons. The molecule has 0 fully saturated rings. The van der Waals surface area contributed by atoms with Gasteiger partial charge in [0, 0.05) is 17.1 Å². The summed E-state index contributed by atoms with van der Waals surface area (Å²) in [5.74, 6) is 5.14. The lowest BCUT2D eigenvalue weighted by molar-refractivity contribution is 0.587. The van der Waals surface area contributed by atoms with Crippen LogP contribution in [0.2, 0.25) is 0 Å². The molecule has 0 aliphatic heterocycles. The molecule has 1 heterocycles. The highest BCUT2D eigenvalue weighted by Gasteiger charge is 2.16. The van der Waals surface area contributed by atoms with Crippen molar-refractivity contribution in [2.45, 2.75) is 4.90 Å². The number of para-hydroxylation sites is 1. The van der Waals surface area contributed by atoms with Crippen molar-refractivity contribution < 1.29 is 12.8 Å². The molecular formula is C18H13FN2O2S. The predicted octanol–water partition coefficient (Wildman–Crippen LogP) is 2.70. The van der Waals surface area contributed by atoms with Crippen molar-refractivity contribution in [3.05, 3.63) is 72.2 Å². The third-order valence-electron chi connectivity index (χ3n) is 3.31. The minimum absolute atomic E-state index is 0.0526. The molecule has 0 saturated carbocycles. The smallest absolute Gasteiger partial charge is 0.243 e. The van der Waals surface area contributed by atoms with E-state index in [9.17, 15) is 12.8 Å². The second-order valence-corrected chi connectivity index (χ2v) is 6.70. The number of aromatic nitrogens is 1. The average Bonchev–Trinajstić information content (AvgIpc) is 2.60. The van der Waals surface area contributed by atoms with Gasteiger partial charge in [-0.25, -0.2) is 12.8 Å². The fraction of sp³-hybridized carbons (Fsp3) is 0.0556. The van der Waals surface area contributed by atoms with Crippen LogP contribution in [0.5, 0.6) is 0 Å². The van der Waals surface area contributed by atoms with Crippen LogP contribution >= 0.6 is 0 Å². The molecule has 0 bridgehead atoms. The lowest BCUT2D eigenvalue weighted by atomic mass is 10.2. The summed E-state index contributed by atoms with van der Waals surface area (Å²) in [7, 11) is -3.72. The fourth-order valence-electron chi connectivity index (χ4n) is 2.18. The van der Waals surface area contributed by atoms with Crippen LogP contribution in [-0.4, -0.2) is 19.9 Å². The summed E-state index contributed by atoms with van der Waals surface area (Å²) in [5, 5.41) is 0.748. The second-order valence-electron chi connectivity index (χ2n) is 4.96. The second kappa shape index (κ2) is 6.79. The van der Waals surface area contributed by atoms with Crippen LogP contribution in [0.3, 0.4) is 0 Å². The molecule has 1 N–H and O–H groups in total. The first kappa shape index (κ1) is 16.1. The molecule has 3 rings (SSSR count). The number of halogens is 1. The molecule has 0 spiro atoms. The number of nitrogens with zero attached hydrogens (tertiary/aromatic N) is 1. The first-order chi connectivity index (χ1) is 11.6. The third-order valence-corrected chi connectivity index (χ3v) is 4.75. The van der Waals surface area contributed by atoms with E-state index in [2.05, 4.69) is 21.5 Å². The van der Waals surface area contributed by atoms with Gasteiger partial charge in [-0.2, -0.15) is 4.72 Å². The normalized spacial score (nSPS) is 11.0. The Labute approximate surface area is 139 Å². The van der Waals surface area contributed by atoms with Crippen LogP contribution in [0.1, 0.15) is 5.56 Å². The van der Waals surface area contributed by atoms with Gasteiger partial charge in [-0.05, 0) is 36.4 Å². The van der Waals surface area contributed by atoms with E-state index in [1.807, 2.05) is 0 Å². The van der Waals surface area contributed by atoms with Gasteiger partial charge in [0.25, 0.3) is 0 Å². The van der Waals surface area contributed by atoms with Gasteiger partial charge in [0.15, 0.2) is 0 Å². The zero-order chi connectivity index (χ0) is 17.0. The molecule has 6 heteroatoms. The summed E-state index contributed by atoms with van der Waals surface area (Å²) in [4.78, 5) is 4.26. The number of nitrogens with one attached hydrogen (secondary N) is 1. The molecule has 0 atom stereocenters. The van der Waals surface area contributed by atoms with Gasteiger partial charge in [-0.15, -0.1) is 0 Å². The Balaban J connectivity index is 1.78. The number of sulfonamides is 1. The highest BCUT2D eigenvalue weighted by atomic mass is 32.2. The predicted molar refractivity (Wildman–Crippen MR) is 90.2 cm³/mol. The van der Waals surface area contributed by atoms with Crippen molar-refractivity contribution in [2.24, 2.45) is 0 Å². The molecule has 4 nitrogen and oxygen atoms in total. The molecule has 0 aliphatic rings. The Kier molecular flexibility index (Phi) is 4.56. The average molecular weight is 340 g/mol. The van der Waals surface area contributed by atoms with Gasteiger partial charge in [0.2, 0.25) is 10.0 Å². The standard InChI is InChI=1S/C18H13FN2O2S/c19-16-10-8-14(9-11-16)4-2-13-21-24(22,23)17-7-1-5-15-6-3-12-20-18(15)17/h1,3,5-12,21H,13H2. The number of hydrogen-bond acceptors (Lipinski definition) is 3. The SMILES string of the molecule is O=S(=O)(NCC#Cc1ccc(F)cc1)c1cccc2cccnc12. The molecule has 2 aromatic carbocycles. The molecule has 0 unspecified atom stereocenters. The number of benzene rings is 2. The molecule has 1 aromatic heterocycles. The maximum absolute atomic E-state index is 12.8. The van der Waals surface area contributed by atoms with E-state index in [4.69, 9.17) is 0 Å². The summed E-state index contributed by atoms with van der Waals surface area (Å²) in [6.07, 6.45) is 1.55. The summed E-state index contributed by atoms with van der Waals surface area (Å²) in [6.45, 7) is -0.0526. The van der Waals surface area contributed by atoms with Crippen LogP contribution in [0.15, 0.2) is 65.7 Å². The fourth-order valence-corrected chi connectivity index (χ4v) is 3.28. The number of hydrogen-bond donors (Lipinski definition) is 1. The Morgan fingerprint density at radius 1 is 1.04 bits per heavy atom. The molecule has 120 valence electrons. The largest absolute Gasteiger partial charge is 0.255 e. The van der Waals surface area contributed by atoms with Gasteiger partial charge in [0.05, 0.1) is 12.1 Å². The monoisotopic (exact) mass is 340 g/mol. The van der Waals surface area contributed by atoms with Gasteiger partial charge in [-0.1, -0.05) is 30.0 Å². The van der Waals surface area contributed by atoms with Gasteiger partial charge < -0.3 is 0 Å². The van der Waals surface area contributed by atoms with Crippen LogP contribution in [0.4, 0.5) is 4.39 Å². The summed E-state index contributed by atoms with van der Waals surface area (Å²) in [5.41, 5.74) is 1.03. The minimum atomic E-state index is -3.72. The van der Waals surface area contributed by atoms with Crippen molar-refractivity contribution in [1.29, 1.82) is 0 Å². The molecule has 24 heavy (non-hydrogen) atoms. The minimum Gasteiger partial charge on any atom is -0.255 e. The zero-order valence-electron chi connectivity index (χ0n) is 12.5. The van der Waals surface area contributed by atoms with Gasteiger partial charge in [-0.3, -0.25) is 4.98 Å². The van der Waals surface area contributed by atoms with Crippen LogP contribution in [0.25, 0.3) is 10.9 Å².